The van der Waals surface area contributed by atoms with Gasteiger partial charge in [-0.05, 0) is 11.6 Å². The van der Waals surface area contributed by atoms with Crippen molar-refractivity contribution in [1.82, 2.24) is 5.06 Å². The van der Waals surface area contributed by atoms with Gasteiger partial charge in [0, 0.05) is 6.42 Å². The highest BCUT2D eigenvalue weighted by Gasteiger charge is 2.33. The fraction of sp³-hybridized carbons (Fsp3) is 0.833. The Hall–Kier alpha value is -0.460. The van der Waals surface area contributed by atoms with Crippen LogP contribution in [0.5, 0.6) is 0 Å². The first-order chi connectivity index (χ1) is 5.90. The van der Waals surface area contributed by atoms with E-state index in [9.17, 15) is 13.6 Å². The van der Waals surface area contributed by atoms with Crippen LogP contribution < -0.4 is 5.73 Å². The van der Waals surface area contributed by atoms with Crippen LogP contribution in [0.4, 0.5) is 8.78 Å². The number of nitrogens with zero attached hydrogens (tertiary/aromatic N) is 1. The third-order valence-corrected chi connectivity index (χ3v) is 1.76. The van der Waals surface area contributed by atoms with Crippen LogP contribution in [0, 0.1) is 0 Å². The molecule has 7 heteroatoms. The normalized spacial score (nSPS) is 24.2. The van der Waals surface area contributed by atoms with E-state index in [1.807, 2.05) is 0 Å². The van der Waals surface area contributed by atoms with Crippen molar-refractivity contribution < 1.29 is 18.4 Å². The average Bonchev–Trinajstić information content (AvgIpc) is 2.29. The Kier molecular flexibility index (Phi) is 3.05. The van der Waals surface area contributed by atoms with Crippen molar-refractivity contribution in [2.24, 2.45) is 5.73 Å². The fourth-order valence-electron chi connectivity index (χ4n) is 0.893. The van der Waals surface area contributed by atoms with Crippen molar-refractivity contribution in [1.29, 1.82) is 0 Å². The molecule has 0 aromatic heterocycles. The molecule has 13 heavy (non-hydrogen) atoms. The Labute approximate surface area is 78.5 Å². The molecule has 1 rings (SSSR count). The van der Waals surface area contributed by atoms with E-state index in [0.29, 0.717) is 0 Å². The van der Waals surface area contributed by atoms with Gasteiger partial charge in [-0.2, -0.15) is 8.78 Å². The van der Waals surface area contributed by atoms with E-state index in [0.717, 1.165) is 5.06 Å². The number of halogens is 3. The number of hydrogen-bond acceptors (Lipinski definition) is 3. The second kappa shape index (κ2) is 3.73. The van der Waals surface area contributed by atoms with E-state index < -0.39 is 23.8 Å². The molecule has 2 N–H and O–H groups in total. The van der Waals surface area contributed by atoms with E-state index in [4.69, 9.17) is 10.6 Å². The highest BCUT2D eigenvalue weighted by Crippen LogP contribution is 2.24. The van der Waals surface area contributed by atoms with Crippen LogP contribution in [0.15, 0.2) is 0 Å². The molecule has 0 bridgehead atoms. The van der Waals surface area contributed by atoms with Gasteiger partial charge in [0.15, 0.2) is 0 Å². The lowest BCUT2D eigenvalue weighted by atomic mass is 10.3. The topological polar surface area (TPSA) is 55.6 Å². The summed E-state index contributed by atoms with van der Waals surface area (Å²) < 4.78 is 24.3. The molecule has 4 nitrogen and oxygen atoms in total. The summed E-state index contributed by atoms with van der Waals surface area (Å²) in [5.41, 5.74) is 5.27. The maximum absolute atomic E-state index is 12.1. The zero-order valence-corrected chi connectivity index (χ0v) is 7.43. The number of hydrogen-bond donors (Lipinski definition) is 1. The van der Waals surface area contributed by atoms with E-state index >= 15 is 0 Å². The van der Waals surface area contributed by atoms with Gasteiger partial charge >= 0.3 is 5.38 Å². The first-order valence-electron chi connectivity index (χ1n) is 3.67. The van der Waals surface area contributed by atoms with Gasteiger partial charge in [-0.1, -0.05) is 0 Å². The molecule has 0 aromatic rings. The van der Waals surface area contributed by atoms with Crippen LogP contribution in [0.2, 0.25) is 0 Å². The molecule has 0 aromatic carbocycles. The Bertz CT molecular complexity index is 209. The molecule has 1 amide bonds. The zero-order chi connectivity index (χ0) is 10.1. The van der Waals surface area contributed by atoms with Crippen LogP contribution in [-0.4, -0.2) is 35.5 Å². The molecular weight excluding hydrogens is 206 g/mol. The van der Waals surface area contributed by atoms with Gasteiger partial charge in [-0.3, -0.25) is 9.63 Å². The molecule has 1 heterocycles. The molecule has 0 saturated carbocycles. The standard InChI is InChI=1S/C6H9ClF2N2O2/c7-6(8,9)1-2-11-5(12)4(10)3-13-11/h4H,1-3,10H2. The monoisotopic (exact) mass is 214 g/mol. The summed E-state index contributed by atoms with van der Waals surface area (Å²) in [5.74, 6) is -0.485. The number of alkyl halides is 3. The van der Waals surface area contributed by atoms with Crippen LogP contribution in [-0.2, 0) is 9.63 Å². The number of carbonyl (C=O) groups excluding carboxylic acids is 1. The van der Waals surface area contributed by atoms with Gasteiger partial charge in [0.1, 0.15) is 6.04 Å². The molecule has 1 fully saturated rings. The number of rotatable bonds is 3. The first-order valence-corrected chi connectivity index (χ1v) is 4.04. The molecule has 1 saturated heterocycles. The predicted octanol–water partition coefficient (Wildman–Crippen LogP) is 0.309. The maximum Gasteiger partial charge on any atom is 0.323 e. The lowest BCUT2D eigenvalue weighted by molar-refractivity contribution is -0.164. The Morgan fingerprint density at radius 2 is 2.38 bits per heavy atom. The summed E-state index contributed by atoms with van der Waals surface area (Å²) in [7, 11) is 0. The molecule has 76 valence electrons. The average molecular weight is 215 g/mol. The second-order valence-corrected chi connectivity index (χ2v) is 3.26. The van der Waals surface area contributed by atoms with E-state index in [-0.39, 0.29) is 13.2 Å². The van der Waals surface area contributed by atoms with E-state index in [1.54, 1.807) is 0 Å². The minimum atomic E-state index is -3.31. The summed E-state index contributed by atoms with van der Waals surface area (Å²) in [4.78, 5) is 15.7. The predicted molar refractivity (Wildman–Crippen MR) is 41.1 cm³/mol. The van der Waals surface area contributed by atoms with Gasteiger partial charge in [-0.25, -0.2) is 5.06 Å². The summed E-state index contributed by atoms with van der Waals surface area (Å²) in [5, 5.41) is -2.49. The molecular formula is C6H9ClF2N2O2. The largest absolute Gasteiger partial charge is 0.323 e. The van der Waals surface area contributed by atoms with Crippen molar-refractivity contribution >= 4 is 17.5 Å². The molecule has 0 radical (unpaired) electrons. The molecule has 0 spiro atoms. The van der Waals surface area contributed by atoms with Crippen molar-refractivity contribution in [3.05, 3.63) is 0 Å². The van der Waals surface area contributed by atoms with E-state index in [2.05, 4.69) is 11.6 Å². The molecule has 1 atom stereocenters. The molecule has 0 aliphatic carbocycles. The highest BCUT2D eigenvalue weighted by molar-refractivity contribution is 6.21. The van der Waals surface area contributed by atoms with Crippen LogP contribution in [0.25, 0.3) is 0 Å². The Balaban J connectivity index is 2.35. The summed E-state index contributed by atoms with van der Waals surface area (Å²) in [6, 6.07) is -0.746. The molecule has 1 aliphatic rings. The van der Waals surface area contributed by atoms with Crippen LogP contribution in [0.1, 0.15) is 6.42 Å². The number of nitrogens with two attached hydrogens (primary N) is 1. The summed E-state index contributed by atoms with van der Waals surface area (Å²) in [6.07, 6.45) is -0.646. The minimum absolute atomic E-state index is 0.0344. The second-order valence-electron chi connectivity index (χ2n) is 2.71. The summed E-state index contributed by atoms with van der Waals surface area (Å²) >= 11 is 4.64. The lowest BCUT2D eigenvalue weighted by Crippen LogP contribution is -2.35. The quantitative estimate of drug-likeness (QED) is 0.688. The SMILES string of the molecule is NC1CON(CCC(F)(F)Cl)C1=O. The third kappa shape index (κ3) is 3.06. The van der Waals surface area contributed by atoms with Crippen molar-refractivity contribution in [2.75, 3.05) is 13.2 Å². The molecule has 1 unspecified atom stereocenters. The van der Waals surface area contributed by atoms with Gasteiger partial charge in [-0.15, -0.1) is 0 Å². The van der Waals surface area contributed by atoms with Crippen LogP contribution in [0.3, 0.4) is 0 Å². The van der Waals surface area contributed by atoms with Gasteiger partial charge in [0.25, 0.3) is 5.91 Å². The van der Waals surface area contributed by atoms with Crippen molar-refractivity contribution in [3.63, 3.8) is 0 Å². The van der Waals surface area contributed by atoms with Crippen LogP contribution >= 0.6 is 11.6 Å². The fourth-order valence-corrected chi connectivity index (χ4v) is 0.978. The van der Waals surface area contributed by atoms with Gasteiger partial charge in [0.2, 0.25) is 0 Å². The zero-order valence-electron chi connectivity index (χ0n) is 6.67. The summed E-state index contributed by atoms with van der Waals surface area (Å²) in [6.45, 7) is -0.213. The minimum Gasteiger partial charge on any atom is -0.318 e. The third-order valence-electron chi connectivity index (χ3n) is 1.57. The van der Waals surface area contributed by atoms with E-state index in [1.165, 1.54) is 0 Å². The Morgan fingerprint density at radius 1 is 1.77 bits per heavy atom. The first kappa shape index (κ1) is 10.6. The number of carbonyl (C=O) groups is 1. The van der Waals surface area contributed by atoms with Gasteiger partial charge < -0.3 is 5.73 Å². The smallest absolute Gasteiger partial charge is 0.318 e. The molecule has 1 aliphatic heterocycles. The lowest BCUT2D eigenvalue weighted by Gasteiger charge is -2.15. The van der Waals surface area contributed by atoms with Crippen molar-refractivity contribution in [2.45, 2.75) is 17.8 Å². The van der Waals surface area contributed by atoms with Crippen molar-refractivity contribution in [3.8, 4) is 0 Å². The Morgan fingerprint density at radius 3 is 2.77 bits per heavy atom. The van der Waals surface area contributed by atoms with Gasteiger partial charge in [0.05, 0.1) is 13.2 Å². The highest BCUT2D eigenvalue weighted by atomic mass is 35.5. The number of amides is 1. The number of hydroxylamine groups is 2. The maximum atomic E-state index is 12.1.